The van der Waals surface area contributed by atoms with Crippen LogP contribution < -0.4 is 15.0 Å². The fourth-order valence-corrected chi connectivity index (χ4v) is 2.63. The second-order valence-electron chi connectivity index (χ2n) is 5.66. The molecule has 1 saturated heterocycles. The first-order valence-electron chi connectivity index (χ1n) is 7.18. The van der Waals surface area contributed by atoms with Crippen molar-refractivity contribution in [1.29, 1.82) is 0 Å². The number of carbonyl (C=O) groups is 2. The molecule has 1 N–H and O–H groups in total. The van der Waals surface area contributed by atoms with Gasteiger partial charge in [0.05, 0.1) is 7.11 Å². The van der Waals surface area contributed by atoms with Crippen molar-refractivity contribution < 1.29 is 14.3 Å². The Bertz CT molecular complexity index is 554. The highest BCUT2D eigenvalue weighted by Gasteiger charge is 2.30. The molecule has 0 aliphatic carbocycles. The van der Waals surface area contributed by atoms with Crippen LogP contribution in [0.3, 0.4) is 0 Å². The van der Waals surface area contributed by atoms with E-state index in [2.05, 4.69) is 19.2 Å². The van der Waals surface area contributed by atoms with Crippen LogP contribution >= 0.6 is 0 Å². The summed E-state index contributed by atoms with van der Waals surface area (Å²) in [7, 11) is 3.51. The summed E-state index contributed by atoms with van der Waals surface area (Å²) in [5.41, 5.74) is 2.05. The average Bonchev–Trinajstić information content (AvgIpc) is 2.45. The van der Waals surface area contributed by atoms with Crippen molar-refractivity contribution in [3.63, 3.8) is 0 Å². The molecule has 114 valence electrons. The molecule has 0 aromatic heterocycles. The summed E-state index contributed by atoms with van der Waals surface area (Å²) in [6.45, 7) is 4.23. The van der Waals surface area contributed by atoms with Crippen molar-refractivity contribution in [2.24, 2.45) is 0 Å². The third kappa shape index (κ3) is 3.17. The van der Waals surface area contributed by atoms with Crippen LogP contribution in [0.15, 0.2) is 18.2 Å². The molecule has 0 spiro atoms. The van der Waals surface area contributed by atoms with Gasteiger partial charge in [0, 0.05) is 25.2 Å². The normalized spacial score (nSPS) is 18.6. The van der Waals surface area contributed by atoms with Crippen molar-refractivity contribution in [3.8, 4) is 5.75 Å². The van der Waals surface area contributed by atoms with E-state index in [1.54, 1.807) is 7.11 Å². The Morgan fingerprint density at radius 2 is 2.05 bits per heavy atom. The fraction of sp³-hybridized carbons (Fsp3) is 0.500. The summed E-state index contributed by atoms with van der Waals surface area (Å²) < 4.78 is 5.45. The quantitative estimate of drug-likeness (QED) is 0.862. The van der Waals surface area contributed by atoms with Crippen LogP contribution in [0.2, 0.25) is 0 Å². The number of nitrogens with zero attached hydrogens (tertiary/aromatic N) is 1. The lowest BCUT2D eigenvalue weighted by Gasteiger charge is -2.31. The summed E-state index contributed by atoms with van der Waals surface area (Å²) in [5.74, 6) is 0.759. The number of ether oxygens (including phenoxy) is 1. The molecule has 1 aromatic rings. The van der Waals surface area contributed by atoms with E-state index >= 15 is 0 Å². The molecular weight excluding hydrogens is 268 g/mol. The molecule has 21 heavy (non-hydrogen) atoms. The van der Waals surface area contributed by atoms with Gasteiger partial charge in [-0.15, -0.1) is 0 Å². The van der Waals surface area contributed by atoms with Crippen molar-refractivity contribution >= 4 is 17.5 Å². The second-order valence-corrected chi connectivity index (χ2v) is 5.66. The second kappa shape index (κ2) is 6.16. The molecule has 1 aliphatic rings. The van der Waals surface area contributed by atoms with Gasteiger partial charge in [-0.05, 0) is 24.0 Å². The van der Waals surface area contributed by atoms with E-state index in [-0.39, 0.29) is 17.9 Å². The predicted molar refractivity (Wildman–Crippen MR) is 81.7 cm³/mol. The van der Waals surface area contributed by atoms with Gasteiger partial charge in [-0.3, -0.25) is 14.9 Å². The summed E-state index contributed by atoms with van der Waals surface area (Å²) in [6, 6.07) is 5.64. The number of amides is 2. The molecule has 5 nitrogen and oxygen atoms in total. The molecule has 2 amide bonds. The lowest BCUT2D eigenvalue weighted by Crippen LogP contribution is -2.51. The number of hydrogen-bond donors (Lipinski definition) is 1. The first-order chi connectivity index (χ1) is 9.93. The largest absolute Gasteiger partial charge is 0.496 e. The maximum Gasteiger partial charge on any atom is 0.249 e. The van der Waals surface area contributed by atoms with Gasteiger partial charge in [0.15, 0.2) is 0 Å². The van der Waals surface area contributed by atoms with Crippen LogP contribution in [0.25, 0.3) is 0 Å². The number of benzene rings is 1. The van der Waals surface area contributed by atoms with E-state index < -0.39 is 0 Å². The van der Waals surface area contributed by atoms with Gasteiger partial charge in [-0.25, -0.2) is 0 Å². The zero-order valence-corrected chi connectivity index (χ0v) is 13.0. The monoisotopic (exact) mass is 290 g/mol. The number of methoxy groups -OCH3 is 1. The number of anilines is 1. The highest BCUT2D eigenvalue weighted by molar-refractivity contribution is 6.01. The van der Waals surface area contributed by atoms with Gasteiger partial charge in [-0.1, -0.05) is 19.9 Å². The Balaban J connectivity index is 2.25. The van der Waals surface area contributed by atoms with Crippen molar-refractivity contribution in [1.82, 2.24) is 5.32 Å². The van der Waals surface area contributed by atoms with Crippen molar-refractivity contribution in [2.45, 2.75) is 38.6 Å². The van der Waals surface area contributed by atoms with Crippen LogP contribution in [0.5, 0.6) is 5.75 Å². The maximum absolute atomic E-state index is 11.9. The fourth-order valence-electron chi connectivity index (χ4n) is 2.63. The van der Waals surface area contributed by atoms with Gasteiger partial charge in [0.2, 0.25) is 11.8 Å². The Morgan fingerprint density at radius 1 is 1.33 bits per heavy atom. The Labute approximate surface area is 125 Å². The average molecular weight is 290 g/mol. The van der Waals surface area contributed by atoms with Gasteiger partial charge in [0.1, 0.15) is 11.8 Å². The SMILES string of the molecule is COc1cc(N(C)C2CCC(=O)NC2=O)ccc1C(C)C. The standard InChI is InChI=1S/C16H22N2O3/c1-10(2)12-6-5-11(9-14(12)21-4)18(3)13-7-8-15(19)17-16(13)20/h5-6,9-10,13H,7-8H2,1-4H3,(H,17,19,20). The molecule has 5 heteroatoms. The molecule has 1 aliphatic heterocycles. The summed E-state index contributed by atoms with van der Waals surface area (Å²) in [6.07, 6.45) is 0.914. The van der Waals surface area contributed by atoms with Crippen LogP contribution in [0.4, 0.5) is 5.69 Å². The lowest BCUT2D eigenvalue weighted by molar-refractivity contribution is -0.134. The number of nitrogens with one attached hydrogen (secondary N) is 1. The van der Waals surface area contributed by atoms with E-state index in [1.807, 2.05) is 30.1 Å². The number of rotatable bonds is 4. The van der Waals surface area contributed by atoms with E-state index in [4.69, 9.17) is 4.74 Å². The number of likely N-dealkylation sites (N-methyl/N-ethyl adjacent to an activating group) is 1. The maximum atomic E-state index is 11.9. The first-order valence-corrected chi connectivity index (χ1v) is 7.18. The van der Waals surface area contributed by atoms with Gasteiger partial charge in [-0.2, -0.15) is 0 Å². The molecule has 1 atom stereocenters. The van der Waals surface area contributed by atoms with Crippen molar-refractivity contribution in [3.05, 3.63) is 23.8 Å². The summed E-state index contributed by atoms with van der Waals surface area (Å²) in [4.78, 5) is 25.1. The summed E-state index contributed by atoms with van der Waals surface area (Å²) >= 11 is 0. The summed E-state index contributed by atoms with van der Waals surface area (Å²) in [5, 5.41) is 2.39. The number of carbonyl (C=O) groups excluding carboxylic acids is 2. The van der Waals surface area contributed by atoms with Gasteiger partial charge in [0.25, 0.3) is 0 Å². The van der Waals surface area contributed by atoms with Gasteiger partial charge >= 0.3 is 0 Å². The Hall–Kier alpha value is -2.04. The highest BCUT2D eigenvalue weighted by Crippen LogP contribution is 2.31. The van der Waals surface area contributed by atoms with E-state index in [0.717, 1.165) is 17.0 Å². The van der Waals surface area contributed by atoms with Crippen LogP contribution in [-0.2, 0) is 9.59 Å². The molecule has 0 bridgehead atoms. The van der Waals surface area contributed by atoms with Crippen LogP contribution in [0, 0.1) is 0 Å². The van der Waals surface area contributed by atoms with Gasteiger partial charge < -0.3 is 9.64 Å². The third-order valence-electron chi connectivity index (χ3n) is 3.92. The number of imide groups is 1. The smallest absolute Gasteiger partial charge is 0.249 e. The minimum absolute atomic E-state index is 0.197. The molecule has 1 unspecified atom stereocenters. The molecule has 1 aromatic carbocycles. The Morgan fingerprint density at radius 3 is 2.62 bits per heavy atom. The van der Waals surface area contributed by atoms with E-state index in [1.165, 1.54) is 0 Å². The van der Waals surface area contributed by atoms with Crippen LogP contribution in [-0.4, -0.2) is 32.0 Å². The predicted octanol–water partition coefficient (Wildman–Crippen LogP) is 2.06. The van der Waals surface area contributed by atoms with Crippen molar-refractivity contribution in [2.75, 3.05) is 19.1 Å². The van der Waals surface area contributed by atoms with Crippen LogP contribution in [0.1, 0.15) is 38.2 Å². The minimum atomic E-state index is -0.322. The lowest BCUT2D eigenvalue weighted by atomic mass is 10.00. The molecule has 1 fully saturated rings. The zero-order valence-electron chi connectivity index (χ0n) is 13.0. The minimum Gasteiger partial charge on any atom is -0.496 e. The number of piperidine rings is 1. The highest BCUT2D eigenvalue weighted by atomic mass is 16.5. The molecule has 0 radical (unpaired) electrons. The molecular formula is C16H22N2O3. The molecule has 2 rings (SSSR count). The first kappa shape index (κ1) is 15.4. The van der Waals surface area contributed by atoms with E-state index in [0.29, 0.717) is 18.8 Å². The molecule has 0 saturated carbocycles. The number of hydrogen-bond acceptors (Lipinski definition) is 4. The zero-order chi connectivity index (χ0) is 15.6. The molecule has 1 heterocycles. The van der Waals surface area contributed by atoms with E-state index in [9.17, 15) is 9.59 Å². The third-order valence-corrected chi connectivity index (χ3v) is 3.92. The topological polar surface area (TPSA) is 58.6 Å². The Kier molecular flexibility index (Phi) is 4.50.